The van der Waals surface area contributed by atoms with Gasteiger partial charge in [0.05, 0.1) is 8.07 Å². The van der Waals surface area contributed by atoms with E-state index in [1.807, 2.05) is 0 Å². The fourth-order valence-electron chi connectivity index (χ4n) is 4.01. The third-order valence-corrected chi connectivity index (χ3v) is 11.3. The molecule has 0 spiro atoms. The van der Waals surface area contributed by atoms with Crippen molar-refractivity contribution in [2.75, 3.05) is 6.54 Å². The first-order valence-corrected chi connectivity index (χ1v) is 13.8. The highest BCUT2D eigenvalue weighted by atomic mass is 28.3. The van der Waals surface area contributed by atoms with Gasteiger partial charge < -0.3 is 5.73 Å². The van der Waals surface area contributed by atoms with Crippen LogP contribution in [0.25, 0.3) is 0 Å². The van der Waals surface area contributed by atoms with Gasteiger partial charge in [-0.05, 0) is 13.0 Å². The lowest BCUT2D eigenvalue weighted by Gasteiger charge is -2.33. The molecule has 0 saturated heterocycles. The van der Waals surface area contributed by atoms with Gasteiger partial charge in [-0.25, -0.2) is 0 Å². The zero-order chi connectivity index (χ0) is 17.2. The van der Waals surface area contributed by atoms with Gasteiger partial charge in [-0.15, -0.1) is 0 Å². The van der Waals surface area contributed by atoms with Gasteiger partial charge in [0.2, 0.25) is 0 Å². The fourth-order valence-corrected chi connectivity index (χ4v) is 9.46. The molecule has 140 valence electrons. The minimum absolute atomic E-state index is 0.910. The van der Waals surface area contributed by atoms with Crippen molar-refractivity contribution in [1.29, 1.82) is 0 Å². The molecule has 0 heterocycles. The first kappa shape index (κ1) is 23.2. The van der Waals surface area contributed by atoms with Gasteiger partial charge >= 0.3 is 0 Å². The van der Waals surface area contributed by atoms with Crippen LogP contribution in [0.1, 0.15) is 104 Å². The van der Waals surface area contributed by atoms with Crippen LogP contribution in [0.3, 0.4) is 0 Å². The van der Waals surface area contributed by atoms with Crippen LogP contribution in [-0.4, -0.2) is 14.6 Å². The summed E-state index contributed by atoms with van der Waals surface area (Å²) in [5.41, 5.74) is 5.89. The second-order valence-electron chi connectivity index (χ2n) is 7.82. The van der Waals surface area contributed by atoms with E-state index in [2.05, 4.69) is 20.8 Å². The summed E-state index contributed by atoms with van der Waals surface area (Å²) in [5, 5.41) is 0. The van der Waals surface area contributed by atoms with Crippen LogP contribution in [0.4, 0.5) is 0 Å². The largest absolute Gasteiger partial charge is 0.330 e. The van der Waals surface area contributed by atoms with Crippen molar-refractivity contribution in [2.24, 2.45) is 5.73 Å². The Kier molecular flexibility index (Phi) is 17.1. The third kappa shape index (κ3) is 13.2. The number of unbranched alkanes of at least 4 members (excludes halogenated alkanes) is 9. The van der Waals surface area contributed by atoms with Crippen LogP contribution in [0.15, 0.2) is 0 Å². The fraction of sp³-hybridized carbons (Fsp3) is 1.00. The molecule has 0 bridgehead atoms. The van der Waals surface area contributed by atoms with E-state index >= 15 is 0 Å². The molecule has 0 aliphatic rings. The molecule has 0 rings (SSSR count). The lowest BCUT2D eigenvalue weighted by atomic mass is 10.2. The smallest absolute Gasteiger partial charge is 0.0536 e. The molecule has 0 radical (unpaired) electrons. The number of hydrogen-bond acceptors (Lipinski definition) is 1. The van der Waals surface area contributed by atoms with Gasteiger partial charge in [-0.1, -0.05) is 122 Å². The van der Waals surface area contributed by atoms with E-state index < -0.39 is 8.07 Å². The second kappa shape index (κ2) is 17.0. The molecule has 0 amide bonds. The van der Waals surface area contributed by atoms with E-state index in [-0.39, 0.29) is 0 Å². The van der Waals surface area contributed by atoms with Crippen molar-refractivity contribution in [3.05, 3.63) is 0 Å². The minimum Gasteiger partial charge on any atom is -0.330 e. The molecule has 0 aliphatic carbocycles. The predicted molar refractivity (Wildman–Crippen MR) is 111 cm³/mol. The Bertz CT molecular complexity index is 199. The van der Waals surface area contributed by atoms with Gasteiger partial charge in [-0.2, -0.15) is 0 Å². The van der Waals surface area contributed by atoms with Gasteiger partial charge in [-0.3, -0.25) is 0 Å². The summed E-state index contributed by atoms with van der Waals surface area (Å²) in [6.45, 7) is 7.89. The summed E-state index contributed by atoms with van der Waals surface area (Å²) in [7, 11) is -1.05. The maximum Gasteiger partial charge on any atom is 0.0536 e. The van der Waals surface area contributed by atoms with Gasteiger partial charge in [0.1, 0.15) is 0 Å². The van der Waals surface area contributed by atoms with Crippen molar-refractivity contribution < 1.29 is 0 Å². The van der Waals surface area contributed by atoms with Crippen molar-refractivity contribution in [2.45, 2.75) is 128 Å². The normalized spacial score (nSPS) is 12.0. The van der Waals surface area contributed by atoms with Crippen LogP contribution in [0.2, 0.25) is 24.2 Å². The summed E-state index contributed by atoms with van der Waals surface area (Å²) in [6.07, 6.45) is 18.6. The Morgan fingerprint density at radius 1 is 0.478 bits per heavy atom. The van der Waals surface area contributed by atoms with E-state index in [1.165, 1.54) is 89.5 Å². The number of hydrogen-bond donors (Lipinski definition) is 1. The number of rotatable bonds is 18. The van der Waals surface area contributed by atoms with Crippen molar-refractivity contribution in [3.63, 3.8) is 0 Å². The average Bonchev–Trinajstić information content (AvgIpc) is 2.57. The van der Waals surface area contributed by atoms with E-state index in [0.717, 1.165) is 6.54 Å². The van der Waals surface area contributed by atoms with E-state index in [4.69, 9.17) is 5.73 Å². The molecule has 0 atom stereocenters. The quantitative estimate of drug-likeness (QED) is 0.202. The van der Waals surface area contributed by atoms with Crippen LogP contribution in [0.5, 0.6) is 0 Å². The lowest BCUT2D eigenvalue weighted by Crippen LogP contribution is -2.34. The Labute approximate surface area is 149 Å². The molecule has 2 N–H and O–H groups in total. The molecule has 2 heteroatoms. The van der Waals surface area contributed by atoms with Crippen LogP contribution >= 0.6 is 0 Å². The summed E-state index contributed by atoms with van der Waals surface area (Å²) in [4.78, 5) is 0. The highest BCUT2D eigenvalue weighted by Crippen LogP contribution is 2.34. The third-order valence-electron chi connectivity index (χ3n) is 5.59. The lowest BCUT2D eigenvalue weighted by molar-refractivity contribution is 0.659. The van der Waals surface area contributed by atoms with Gasteiger partial charge in [0.25, 0.3) is 0 Å². The topological polar surface area (TPSA) is 26.0 Å². The summed E-state index contributed by atoms with van der Waals surface area (Å²) >= 11 is 0. The molecule has 0 saturated carbocycles. The van der Waals surface area contributed by atoms with Crippen LogP contribution in [-0.2, 0) is 0 Å². The first-order chi connectivity index (χ1) is 11.2. The highest BCUT2D eigenvalue weighted by Gasteiger charge is 2.30. The predicted octanol–water partition coefficient (Wildman–Crippen LogP) is 7.52. The Balaban J connectivity index is 4.51. The van der Waals surface area contributed by atoms with E-state index in [9.17, 15) is 0 Å². The maximum absolute atomic E-state index is 5.89. The van der Waals surface area contributed by atoms with Crippen LogP contribution < -0.4 is 5.73 Å². The average molecular weight is 342 g/mol. The zero-order valence-corrected chi connectivity index (χ0v) is 17.8. The molecule has 0 unspecified atom stereocenters. The van der Waals surface area contributed by atoms with Crippen molar-refractivity contribution in [1.82, 2.24) is 0 Å². The molecule has 0 aromatic heterocycles. The molecule has 0 aromatic rings. The molecular weight excluding hydrogens is 294 g/mol. The summed E-state index contributed by atoms with van der Waals surface area (Å²) in [6, 6.07) is 6.33. The maximum atomic E-state index is 5.89. The molecule has 0 aromatic carbocycles. The van der Waals surface area contributed by atoms with Gasteiger partial charge in [0, 0.05) is 0 Å². The molecule has 1 nitrogen and oxygen atoms in total. The molecule has 0 aliphatic heterocycles. The minimum atomic E-state index is -1.05. The number of nitrogens with two attached hydrogens (primary N) is 1. The van der Waals surface area contributed by atoms with E-state index in [1.54, 1.807) is 18.1 Å². The molecular formula is C21H47NSi. The second-order valence-corrected chi connectivity index (χ2v) is 12.8. The summed E-state index contributed by atoms with van der Waals surface area (Å²) in [5.74, 6) is 0. The van der Waals surface area contributed by atoms with Crippen molar-refractivity contribution >= 4 is 8.07 Å². The zero-order valence-electron chi connectivity index (χ0n) is 16.8. The van der Waals surface area contributed by atoms with Gasteiger partial charge in [0.15, 0.2) is 0 Å². The Morgan fingerprint density at radius 2 is 0.826 bits per heavy atom. The molecule has 0 fully saturated rings. The van der Waals surface area contributed by atoms with E-state index in [0.29, 0.717) is 0 Å². The summed E-state index contributed by atoms with van der Waals surface area (Å²) < 4.78 is 0. The Morgan fingerprint density at radius 3 is 1.13 bits per heavy atom. The van der Waals surface area contributed by atoms with Crippen LogP contribution in [0, 0.1) is 0 Å². The highest BCUT2D eigenvalue weighted by molar-refractivity contribution is 6.79. The standard InChI is InChI=1S/C21H47NSi/c1-4-7-10-13-18-23(21-16-17-22,19-14-11-8-5-2)20-15-12-9-6-3/h4-22H2,1-3H3. The molecule has 23 heavy (non-hydrogen) atoms. The SMILES string of the molecule is CCCCCC[Si](CCCN)(CCCCCC)CCCCCC. The Hall–Kier alpha value is 0.177. The first-order valence-electron chi connectivity index (χ1n) is 10.9. The monoisotopic (exact) mass is 341 g/mol. The van der Waals surface area contributed by atoms with Crippen molar-refractivity contribution in [3.8, 4) is 0 Å².